The molecule has 0 aromatic heterocycles. The quantitative estimate of drug-likeness (QED) is 0.788. The molecule has 0 radical (unpaired) electrons. The fourth-order valence-corrected chi connectivity index (χ4v) is 1.66. The van der Waals surface area contributed by atoms with E-state index in [0.29, 0.717) is 6.54 Å². The molecule has 0 aliphatic heterocycles. The largest absolute Gasteiger partial charge is 0.467 e. The summed E-state index contributed by atoms with van der Waals surface area (Å²) < 4.78 is 9.83. The van der Waals surface area contributed by atoms with Crippen LogP contribution in [0.5, 0.6) is 0 Å². The van der Waals surface area contributed by atoms with E-state index in [1.54, 1.807) is 7.05 Å². The number of amides is 1. The van der Waals surface area contributed by atoms with Crippen LogP contribution in [0, 0.1) is 0 Å². The Balaban J connectivity index is 2.58. The molecule has 1 aromatic rings. The molecule has 1 rings (SSSR count). The number of likely N-dealkylation sites (N-methyl/N-ethyl adjacent to an activating group) is 2. The first-order chi connectivity index (χ1) is 9.60. The normalized spacial score (nSPS) is 11.6. The van der Waals surface area contributed by atoms with Gasteiger partial charge in [-0.1, -0.05) is 30.3 Å². The Labute approximate surface area is 118 Å². The Morgan fingerprint density at radius 1 is 1.30 bits per heavy atom. The third-order valence-corrected chi connectivity index (χ3v) is 2.83. The van der Waals surface area contributed by atoms with E-state index in [1.165, 1.54) is 19.1 Å². The van der Waals surface area contributed by atoms with Crippen LogP contribution >= 0.6 is 0 Å². The number of carbonyl (C=O) groups excluding carboxylic acids is 2. The molecule has 0 heterocycles. The predicted octanol–water partition coefficient (Wildman–Crippen LogP) is 1.02. The van der Waals surface area contributed by atoms with Crippen molar-refractivity contribution in [3.63, 3.8) is 0 Å². The molecule has 0 spiro atoms. The third-order valence-electron chi connectivity index (χ3n) is 2.83. The van der Waals surface area contributed by atoms with Gasteiger partial charge >= 0.3 is 12.1 Å². The zero-order valence-corrected chi connectivity index (χ0v) is 12.0. The van der Waals surface area contributed by atoms with E-state index in [-0.39, 0.29) is 6.61 Å². The van der Waals surface area contributed by atoms with Gasteiger partial charge in [0, 0.05) is 13.6 Å². The summed E-state index contributed by atoms with van der Waals surface area (Å²) in [6, 6.07) is 8.62. The maximum atomic E-state index is 11.9. The van der Waals surface area contributed by atoms with Crippen LogP contribution in [-0.4, -0.2) is 50.8 Å². The smallest absolute Gasteiger partial charge is 0.410 e. The lowest BCUT2D eigenvalue weighted by Gasteiger charge is -2.25. The van der Waals surface area contributed by atoms with Gasteiger partial charge in [0.1, 0.15) is 12.6 Å². The number of nitrogens with one attached hydrogen (secondary N) is 1. The molecule has 20 heavy (non-hydrogen) atoms. The monoisotopic (exact) mass is 280 g/mol. The fraction of sp³-hybridized carbons (Fsp3) is 0.429. The van der Waals surface area contributed by atoms with E-state index in [0.717, 1.165) is 5.56 Å². The fourth-order valence-electron chi connectivity index (χ4n) is 1.66. The number of esters is 1. The molecular formula is C14H20N2O4. The van der Waals surface area contributed by atoms with E-state index in [1.807, 2.05) is 30.3 Å². The molecule has 0 bridgehead atoms. The highest BCUT2D eigenvalue weighted by Gasteiger charge is 2.28. The lowest BCUT2D eigenvalue weighted by atomic mass is 10.2. The average molecular weight is 280 g/mol. The van der Waals surface area contributed by atoms with Crippen molar-refractivity contribution in [1.82, 2.24) is 10.2 Å². The van der Waals surface area contributed by atoms with Crippen molar-refractivity contribution in [3.8, 4) is 0 Å². The number of hydrogen-bond acceptors (Lipinski definition) is 5. The van der Waals surface area contributed by atoms with E-state index >= 15 is 0 Å². The second kappa shape index (κ2) is 8.16. The van der Waals surface area contributed by atoms with Crippen LogP contribution in [0.15, 0.2) is 30.3 Å². The number of carbonyl (C=O) groups is 2. The average Bonchev–Trinajstić information content (AvgIpc) is 2.49. The van der Waals surface area contributed by atoms with Crippen LogP contribution in [0.1, 0.15) is 5.56 Å². The van der Waals surface area contributed by atoms with Crippen LogP contribution in [-0.2, 0) is 20.9 Å². The highest BCUT2D eigenvalue weighted by molar-refractivity contribution is 5.81. The SMILES string of the molecule is CNCC(C(=O)OC)N(C)C(=O)OCc1ccccc1. The molecule has 0 aliphatic carbocycles. The third kappa shape index (κ3) is 4.55. The Hall–Kier alpha value is -2.08. The Morgan fingerprint density at radius 3 is 2.50 bits per heavy atom. The highest BCUT2D eigenvalue weighted by Crippen LogP contribution is 2.05. The van der Waals surface area contributed by atoms with Gasteiger partial charge in [-0.05, 0) is 12.6 Å². The van der Waals surface area contributed by atoms with Gasteiger partial charge in [-0.3, -0.25) is 4.90 Å². The molecule has 6 heteroatoms. The van der Waals surface area contributed by atoms with Crippen molar-refractivity contribution in [2.45, 2.75) is 12.6 Å². The second-order valence-corrected chi connectivity index (χ2v) is 4.25. The number of methoxy groups -OCH3 is 1. The molecule has 1 unspecified atom stereocenters. The number of ether oxygens (including phenoxy) is 2. The van der Waals surface area contributed by atoms with Crippen molar-refractivity contribution in [2.24, 2.45) is 0 Å². The minimum absolute atomic E-state index is 0.164. The number of hydrogen-bond donors (Lipinski definition) is 1. The van der Waals surface area contributed by atoms with Crippen LogP contribution in [0.2, 0.25) is 0 Å². The molecule has 1 aromatic carbocycles. The summed E-state index contributed by atoms with van der Waals surface area (Å²) >= 11 is 0. The van der Waals surface area contributed by atoms with Crippen molar-refractivity contribution in [2.75, 3.05) is 27.7 Å². The summed E-state index contributed by atoms with van der Waals surface area (Å²) in [6.45, 7) is 0.459. The Bertz CT molecular complexity index is 436. The maximum Gasteiger partial charge on any atom is 0.410 e. The molecule has 1 atom stereocenters. The number of benzene rings is 1. The summed E-state index contributed by atoms with van der Waals surface area (Å²) in [6.07, 6.45) is -0.570. The number of nitrogens with zero attached hydrogens (tertiary/aromatic N) is 1. The first kappa shape index (κ1) is 16.0. The molecular weight excluding hydrogens is 260 g/mol. The van der Waals surface area contributed by atoms with Gasteiger partial charge in [-0.15, -0.1) is 0 Å². The van der Waals surface area contributed by atoms with E-state index < -0.39 is 18.1 Å². The van der Waals surface area contributed by atoms with Crippen molar-refractivity contribution in [1.29, 1.82) is 0 Å². The van der Waals surface area contributed by atoms with Crippen LogP contribution < -0.4 is 5.32 Å². The van der Waals surface area contributed by atoms with Crippen LogP contribution in [0.3, 0.4) is 0 Å². The van der Waals surface area contributed by atoms with Crippen molar-refractivity contribution in [3.05, 3.63) is 35.9 Å². The second-order valence-electron chi connectivity index (χ2n) is 4.25. The minimum atomic E-state index is -0.715. The molecule has 0 aliphatic rings. The number of rotatable bonds is 6. The van der Waals surface area contributed by atoms with Crippen LogP contribution in [0.4, 0.5) is 4.79 Å². The summed E-state index contributed by atoms with van der Waals surface area (Å²) in [5.41, 5.74) is 0.887. The molecule has 6 nitrogen and oxygen atoms in total. The minimum Gasteiger partial charge on any atom is -0.467 e. The molecule has 0 saturated carbocycles. The van der Waals surface area contributed by atoms with Gasteiger partial charge in [-0.2, -0.15) is 0 Å². The molecule has 1 amide bonds. The first-order valence-corrected chi connectivity index (χ1v) is 6.26. The maximum absolute atomic E-state index is 11.9. The standard InChI is InChI=1S/C14H20N2O4/c1-15-9-12(13(17)19-3)16(2)14(18)20-10-11-7-5-4-6-8-11/h4-8,12,15H,9-10H2,1-3H3. The summed E-state index contributed by atoms with van der Waals surface area (Å²) in [5.74, 6) is -0.487. The first-order valence-electron chi connectivity index (χ1n) is 6.26. The van der Waals surface area contributed by atoms with Gasteiger partial charge in [0.15, 0.2) is 0 Å². The van der Waals surface area contributed by atoms with E-state index in [9.17, 15) is 9.59 Å². The van der Waals surface area contributed by atoms with E-state index in [4.69, 9.17) is 4.74 Å². The Morgan fingerprint density at radius 2 is 1.95 bits per heavy atom. The predicted molar refractivity (Wildman–Crippen MR) is 74.1 cm³/mol. The molecule has 1 N–H and O–H groups in total. The summed E-state index contributed by atoms with van der Waals surface area (Å²) in [7, 11) is 4.49. The topological polar surface area (TPSA) is 67.9 Å². The zero-order chi connectivity index (χ0) is 15.0. The van der Waals surface area contributed by atoms with Gasteiger partial charge in [0.2, 0.25) is 0 Å². The molecule has 0 saturated heterocycles. The Kier molecular flexibility index (Phi) is 6.52. The molecule has 0 fully saturated rings. The van der Waals surface area contributed by atoms with Crippen LogP contribution in [0.25, 0.3) is 0 Å². The van der Waals surface area contributed by atoms with Gasteiger partial charge in [0.05, 0.1) is 7.11 Å². The van der Waals surface area contributed by atoms with E-state index in [2.05, 4.69) is 10.1 Å². The van der Waals surface area contributed by atoms with Gasteiger partial charge < -0.3 is 14.8 Å². The van der Waals surface area contributed by atoms with Gasteiger partial charge in [-0.25, -0.2) is 9.59 Å². The lowest BCUT2D eigenvalue weighted by Crippen LogP contribution is -2.48. The van der Waals surface area contributed by atoms with Crippen molar-refractivity contribution < 1.29 is 19.1 Å². The van der Waals surface area contributed by atoms with Gasteiger partial charge in [0.25, 0.3) is 0 Å². The highest BCUT2D eigenvalue weighted by atomic mass is 16.6. The zero-order valence-electron chi connectivity index (χ0n) is 12.0. The van der Waals surface area contributed by atoms with Crippen molar-refractivity contribution >= 4 is 12.1 Å². The molecule has 110 valence electrons. The summed E-state index contributed by atoms with van der Waals surface area (Å²) in [4.78, 5) is 24.8. The lowest BCUT2D eigenvalue weighted by molar-refractivity contribution is -0.145. The summed E-state index contributed by atoms with van der Waals surface area (Å²) in [5, 5.41) is 2.84.